The molecule has 0 radical (unpaired) electrons. The maximum absolute atomic E-state index is 12.9. The normalized spacial score (nSPS) is 14.9. The predicted molar refractivity (Wildman–Crippen MR) is 165 cm³/mol. The van der Waals surface area contributed by atoms with E-state index in [1.165, 1.54) is 23.1 Å². The molecule has 4 aromatic rings. The first-order valence-electron chi connectivity index (χ1n) is 14.4. The average Bonchev–Trinajstić information content (AvgIpc) is 3.48. The molecule has 0 saturated carbocycles. The first-order valence-corrected chi connectivity index (χ1v) is 14.4. The van der Waals surface area contributed by atoms with Crippen LogP contribution >= 0.6 is 12.4 Å². The first kappa shape index (κ1) is 29.6. The van der Waals surface area contributed by atoms with Gasteiger partial charge in [-0.05, 0) is 54.7 Å². The summed E-state index contributed by atoms with van der Waals surface area (Å²) in [6, 6.07) is 31.4. The lowest BCUT2D eigenvalue weighted by Gasteiger charge is -2.37. The van der Waals surface area contributed by atoms with Crippen LogP contribution in [0.1, 0.15) is 61.4 Å². The van der Waals surface area contributed by atoms with E-state index in [9.17, 15) is 4.79 Å². The van der Waals surface area contributed by atoms with Crippen molar-refractivity contribution in [1.82, 2.24) is 14.5 Å². The molecule has 0 aliphatic carbocycles. The quantitative estimate of drug-likeness (QED) is 0.228. The molecule has 6 heteroatoms. The summed E-state index contributed by atoms with van der Waals surface area (Å²) in [6.45, 7) is 3.92. The fourth-order valence-corrected chi connectivity index (χ4v) is 6.08. The Bertz CT molecular complexity index is 1220. The number of likely N-dealkylation sites (tertiary alicyclic amines) is 1. The molecule has 40 heavy (non-hydrogen) atoms. The summed E-state index contributed by atoms with van der Waals surface area (Å²) in [7, 11) is 0. The topological polar surface area (TPSA) is 64.2 Å². The molecule has 210 valence electrons. The molecule has 1 amide bonds. The molecule has 0 spiro atoms. The number of benzene rings is 3. The van der Waals surface area contributed by atoms with Gasteiger partial charge in [0.2, 0.25) is 5.91 Å². The van der Waals surface area contributed by atoms with Crippen molar-refractivity contribution in [2.75, 3.05) is 13.1 Å². The smallest absolute Gasteiger partial charge is 0.239 e. The number of amides is 1. The summed E-state index contributed by atoms with van der Waals surface area (Å²) in [5.74, 6) is 0.849. The van der Waals surface area contributed by atoms with Gasteiger partial charge in [-0.1, -0.05) is 104 Å². The largest absolute Gasteiger partial charge is 0.341 e. The van der Waals surface area contributed by atoms with E-state index in [-0.39, 0.29) is 18.3 Å². The van der Waals surface area contributed by atoms with Crippen molar-refractivity contribution in [3.8, 4) is 0 Å². The Labute approximate surface area is 244 Å². The molecular weight excluding hydrogens is 516 g/mol. The first-order chi connectivity index (χ1) is 19.1. The molecule has 2 heterocycles. The van der Waals surface area contributed by atoms with Crippen LogP contribution in [-0.2, 0) is 16.8 Å². The van der Waals surface area contributed by atoms with Crippen molar-refractivity contribution in [1.29, 1.82) is 0 Å². The number of piperidine rings is 1. The minimum Gasteiger partial charge on any atom is -0.341 e. The number of carbonyl (C=O) groups is 1. The van der Waals surface area contributed by atoms with Gasteiger partial charge in [0.05, 0.1) is 18.1 Å². The number of hydrogen-bond acceptors (Lipinski definition) is 3. The molecule has 5 rings (SSSR count). The molecule has 0 unspecified atom stereocenters. The van der Waals surface area contributed by atoms with Crippen LogP contribution in [0.4, 0.5) is 0 Å². The van der Waals surface area contributed by atoms with Gasteiger partial charge in [0.25, 0.3) is 0 Å². The maximum atomic E-state index is 12.9. The van der Waals surface area contributed by atoms with E-state index in [4.69, 9.17) is 10.7 Å². The molecule has 1 aliphatic rings. The lowest BCUT2D eigenvalue weighted by Crippen LogP contribution is -2.47. The van der Waals surface area contributed by atoms with Crippen molar-refractivity contribution < 1.29 is 4.79 Å². The van der Waals surface area contributed by atoms with Gasteiger partial charge < -0.3 is 15.2 Å². The Morgan fingerprint density at radius 2 is 1.40 bits per heavy atom. The summed E-state index contributed by atoms with van der Waals surface area (Å²) >= 11 is 0. The van der Waals surface area contributed by atoms with Crippen molar-refractivity contribution >= 4 is 18.3 Å². The number of nitrogens with zero attached hydrogens (tertiary/aromatic N) is 3. The molecule has 1 saturated heterocycles. The van der Waals surface area contributed by atoms with Gasteiger partial charge in [-0.15, -0.1) is 12.4 Å². The highest BCUT2D eigenvalue weighted by Crippen LogP contribution is 2.40. The maximum Gasteiger partial charge on any atom is 0.239 e. The highest BCUT2D eigenvalue weighted by atomic mass is 35.5. The molecule has 1 aliphatic heterocycles. The highest BCUT2D eigenvalue weighted by molar-refractivity contribution is 5.85. The zero-order valence-corrected chi connectivity index (χ0v) is 24.2. The number of aromatic nitrogens is 2. The Morgan fingerprint density at radius 1 is 0.900 bits per heavy atom. The number of carbonyl (C=O) groups excluding carboxylic acids is 1. The Morgan fingerprint density at radius 3 is 1.88 bits per heavy atom. The van der Waals surface area contributed by atoms with E-state index < -0.39 is 11.6 Å². The van der Waals surface area contributed by atoms with Crippen molar-refractivity contribution in [3.63, 3.8) is 0 Å². The molecule has 0 bridgehead atoms. The predicted octanol–water partition coefficient (Wildman–Crippen LogP) is 6.44. The molecule has 1 aromatic heterocycles. The monoisotopic (exact) mass is 556 g/mol. The van der Waals surface area contributed by atoms with Crippen LogP contribution in [0.25, 0.3) is 0 Å². The molecule has 1 atom stereocenters. The van der Waals surface area contributed by atoms with Gasteiger partial charge in [0.1, 0.15) is 5.54 Å². The van der Waals surface area contributed by atoms with Crippen LogP contribution in [-0.4, -0.2) is 39.5 Å². The molecule has 5 nitrogen and oxygen atoms in total. The average molecular weight is 557 g/mol. The van der Waals surface area contributed by atoms with E-state index >= 15 is 0 Å². The van der Waals surface area contributed by atoms with Crippen molar-refractivity contribution in [2.45, 2.75) is 57.0 Å². The molecular formula is C34H41ClN4O. The lowest BCUT2D eigenvalue weighted by atomic mass is 9.77. The van der Waals surface area contributed by atoms with Crippen LogP contribution in [0.3, 0.4) is 0 Å². The highest BCUT2D eigenvalue weighted by Gasteiger charge is 2.38. The van der Waals surface area contributed by atoms with Crippen LogP contribution in [0.2, 0.25) is 0 Å². The molecule has 1 fully saturated rings. The fourth-order valence-electron chi connectivity index (χ4n) is 6.08. The number of halogens is 1. The van der Waals surface area contributed by atoms with E-state index in [0.29, 0.717) is 6.42 Å². The van der Waals surface area contributed by atoms with Gasteiger partial charge in [-0.3, -0.25) is 4.79 Å². The van der Waals surface area contributed by atoms with Gasteiger partial charge in [0, 0.05) is 19.3 Å². The second-order valence-corrected chi connectivity index (χ2v) is 10.8. The summed E-state index contributed by atoms with van der Waals surface area (Å²) in [4.78, 5) is 19.7. The third-order valence-corrected chi connectivity index (χ3v) is 8.37. The van der Waals surface area contributed by atoms with Gasteiger partial charge in [0.15, 0.2) is 0 Å². The standard InChI is InChI=1S/C34H40N4O.ClH/c1-2-27-21-23-37(24-22-27)33(39)32(35)20-12-19-31-25-38(26-36-31)34(28-13-6-3-7-14-28,29-15-8-4-9-16-29)30-17-10-5-11-18-30;/h3-11,13-18,25-27,32H,2,12,19-24,35H2,1H3;1H/t32-;/m0./s1. The van der Waals surface area contributed by atoms with Crippen LogP contribution in [0.5, 0.6) is 0 Å². The van der Waals surface area contributed by atoms with E-state index in [1.54, 1.807) is 0 Å². The Hall–Kier alpha value is -3.41. The fraction of sp³-hybridized carbons (Fsp3) is 0.353. The number of aryl methyl sites for hydroxylation is 1. The van der Waals surface area contributed by atoms with Gasteiger partial charge in [-0.2, -0.15) is 0 Å². The summed E-state index contributed by atoms with van der Waals surface area (Å²) in [6.07, 6.45) is 9.77. The summed E-state index contributed by atoms with van der Waals surface area (Å²) in [5.41, 5.74) is 10.3. The third kappa shape index (κ3) is 6.16. The zero-order chi connectivity index (χ0) is 27.1. The van der Waals surface area contributed by atoms with E-state index in [2.05, 4.69) is 109 Å². The number of imidazole rings is 1. The lowest BCUT2D eigenvalue weighted by molar-refractivity contribution is -0.134. The summed E-state index contributed by atoms with van der Waals surface area (Å²) < 4.78 is 2.24. The number of hydrogen-bond donors (Lipinski definition) is 1. The van der Waals surface area contributed by atoms with Crippen molar-refractivity contribution in [3.05, 3.63) is 126 Å². The van der Waals surface area contributed by atoms with Gasteiger partial charge in [-0.25, -0.2) is 4.98 Å². The number of rotatable bonds is 10. The van der Waals surface area contributed by atoms with Crippen LogP contribution < -0.4 is 5.73 Å². The SMILES string of the molecule is CCC1CCN(C(=O)[C@@H](N)CCCc2cn(C(c3ccccc3)(c3ccccc3)c3ccccc3)cn2)CC1.Cl. The molecule has 3 aromatic carbocycles. The molecule has 2 N–H and O–H groups in total. The van der Waals surface area contributed by atoms with Crippen LogP contribution in [0.15, 0.2) is 104 Å². The number of nitrogens with two attached hydrogens (primary N) is 1. The van der Waals surface area contributed by atoms with Crippen molar-refractivity contribution in [2.24, 2.45) is 11.7 Å². The second-order valence-electron chi connectivity index (χ2n) is 10.8. The minimum atomic E-state index is -0.563. The third-order valence-electron chi connectivity index (χ3n) is 8.37. The van der Waals surface area contributed by atoms with E-state index in [0.717, 1.165) is 50.4 Å². The van der Waals surface area contributed by atoms with Gasteiger partial charge >= 0.3 is 0 Å². The van der Waals surface area contributed by atoms with Crippen LogP contribution in [0, 0.1) is 5.92 Å². The zero-order valence-electron chi connectivity index (χ0n) is 23.4. The second kappa shape index (κ2) is 13.8. The Balaban J connectivity index is 0.00000370. The Kier molecular flexibility index (Phi) is 10.2. The van der Waals surface area contributed by atoms with E-state index in [1.807, 2.05) is 11.2 Å². The summed E-state index contributed by atoms with van der Waals surface area (Å²) in [5, 5.41) is 0. The minimum absolute atomic E-state index is 0.